The molecular formula is C27H25F2N5O. The van der Waals surface area contributed by atoms with E-state index in [1.54, 1.807) is 0 Å². The van der Waals surface area contributed by atoms with Crippen molar-refractivity contribution in [3.05, 3.63) is 89.0 Å². The number of carbonyl (C=O) groups is 1. The highest BCUT2D eigenvalue weighted by atomic mass is 19.1. The van der Waals surface area contributed by atoms with Gasteiger partial charge in [-0.15, -0.1) is 0 Å². The van der Waals surface area contributed by atoms with Crippen LogP contribution in [-0.4, -0.2) is 54.2 Å². The van der Waals surface area contributed by atoms with Gasteiger partial charge in [0, 0.05) is 54.3 Å². The maximum absolute atomic E-state index is 13.6. The van der Waals surface area contributed by atoms with Crippen molar-refractivity contribution in [3.8, 4) is 0 Å². The number of nitrogens with zero attached hydrogens (tertiary/aromatic N) is 3. The predicted octanol–water partition coefficient (Wildman–Crippen LogP) is 4.44. The van der Waals surface area contributed by atoms with Gasteiger partial charge in [-0.3, -0.25) is 9.89 Å². The van der Waals surface area contributed by atoms with Crippen molar-refractivity contribution in [1.29, 1.82) is 0 Å². The minimum Gasteiger partial charge on any atom is -0.370 e. The summed E-state index contributed by atoms with van der Waals surface area (Å²) < 4.78 is 27.1. The first-order chi connectivity index (χ1) is 16.9. The smallest absolute Gasteiger partial charge is 0.256 e. The van der Waals surface area contributed by atoms with E-state index >= 15 is 0 Å². The second kappa shape index (κ2) is 8.16. The minimum atomic E-state index is -0.604. The second-order valence-corrected chi connectivity index (χ2v) is 9.94. The number of hydrogen-bond donors (Lipinski definition) is 2. The second-order valence-electron chi connectivity index (χ2n) is 9.94. The van der Waals surface area contributed by atoms with Crippen LogP contribution in [0.3, 0.4) is 0 Å². The number of carbonyl (C=O) groups excluding carboxylic acids is 1. The summed E-state index contributed by atoms with van der Waals surface area (Å²) in [6, 6.07) is 16.7. The molecule has 1 aromatic heterocycles. The van der Waals surface area contributed by atoms with Gasteiger partial charge >= 0.3 is 0 Å². The zero-order valence-corrected chi connectivity index (χ0v) is 19.3. The molecule has 2 aliphatic rings. The zero-order valence-electron chi connectivity index (χ0n) is 19.3. The maximum Gasteiger partial charge on any atom is 0.256 e. The Morgan fingerprint density at radius 3 is 2.37 bits per heavy atom. The van der Waals surface area contributed by atoms with E-state index in [4.69, 9.17) is 0 Å². The van der Waals surface area contributed by atoms with Crippen molar-refractivity contribution >= 4 is 28.3 Å². The molecule has 2 saturated heterocycles. The monoisotopic (exact) mass is 473 g/mol. The molecule has 2 fully saturated rings. The van der Waals surface area contributed by atoms with Gasteiger partial charge in [-0.1, -0.05) is 6.07 Å². The van der Waals surface area contributed by atoms with E-state index < -0.39 is 11.6 Å². The van der Waals surface area contributed by atoms with Gasteiger partial charge in [0.2, 0.25) is 0 Å². The van der Waals surface area contributed by atoms with E-state index in [1.807, 2.05) is 42.5 Å². The molecule has 35 heavy (non-hydrogen) atoms. The third-order valence-electron chi connectivity index (χ3n) is 6.95. The molecule has 3 heterocycles. The Morgan fingerprint density at radius 2 is 1.69 bits per heavy atom. The Hall–Kier alpha value is -3.78. The van der Waals surface area contributed by atoms with E-state index in [1.165, 1.54) is 12.1 Å². The molecule has 2 N–H and O–H groups in total. The van der Waals surface area contributed by atoms with E-state index in [0.29, 0.717) is 28.8 Å². The number of nitrogens with one attached hydrogen (secondary N) is 2. The number of hydrogen-bond acceptors (Lipinski definition) is 4. The van der Waals surface area contributed by atoms with Gasteiger partial charge in [0.25, 0.3) is 5.91 Å². The van der Waals surface area contributed by atoms with Crippen molar-refractivity contribution in [2.24, 2.45) is 5.41 Å². The molecule has 0 atom stereocenters. The number of benzene rings is 3. The van der Waals surface area contributed by atoms with Crippen molar-refractivity contribution < 1.29 is 13.6 Å². The number of fused-ring (bicyclic) bond motifs is 1. The summed E-state index contributed by atoms with van der Waals surface area (Å²) in [4.78, 5) is 17.6. The molecule has 1 spiro atoms. The molecular weight excluding hydrogens is 448 g/mol. The van der Waals surface area contributed by atoms with Crippen LogP contribution >= 0.6 is 0 Å². The highest BCUT2D eigenvalue weighted by Gasteiger charge is 2.50. The van der Waals surface area contributed by atoms with Crippen LogP contribution < -0.4 is 10.2 Å². The summed E-state index contributed by atoms with van der Waals surface area (Å²) in [5.74, 6) is -1.04. The number of halogens is 2. The maximum atomic E-state index is 13.6. The molecule has 6 rings (SSSR count). The number of aromatic nitrogens is 2. The molecule has 0 aliphatic carbocycles. The summed E-state index contributed by atoms with van der Waals surface area (Å²) in [7, 11) is 2.15. The number of amides is 1. The molecule has 2 aliphatic heterocycles. The Morgan fingerprint density at radius 1 is 0.971 bits per heavy atom. The van der Waals surface area contributed by atoms with Crippen LogP contribution in [0.15, 0.2) is 60.7 Å². The van der Waals surface area contributed by atoms with Crippen LogP contribution in [0.4, 0.5) is 20.3 Å². The predicted molar refractivity (Wildman–Crippen MR) is 132 cm³/mol. The molecule has 1 amide bonds. The summed E-state index contributed by atoms with van der Waals surface area (Å²) in [5, 5.41) is 10.8. The molecule has 178 valence electrons. The van der Waals surface area contributed by atoms with Crippen molar-refractivity contribution in [2.75, 3.05) is 43.4 Å². The third-order valence-corrected chi connectivity index (χ3v) is 6.95. The Bertz CT molecular complexity index is 1400. The Labute approximate surface area is 201 Å². The molecule has 3 aromatic carbocycles. The molecule has 0 bridgehead atoms. The number of rotatable bonds is 5. The highest BCUT2D eigenvalue weighted by molar-refractivity contribution is 6.08. The summed E-state index contributed by atoms with van der Waals surface area (Å²) in [6.07, 6.45) is 0.360. The molecule has 0 radical (unpaired) electrons. The van der Waals surface area contributed by atoms with Crippen LogP contribution in [0.25, 0.3) is 10.9 Å². The lowest BCUT2D eigenvalue weighted by molar-refractivity contribution is -0.00239. The van der Waals surface area contributed by atoms with Crippen molar-refractivity contribution in [3.63, 3.8) is 0 Å². The number of H-pyrrole nitrogens is 1. The van der Waals surface area contributed by atoms with Gasteiger partial charge in [0.15, 0.2) is 5.82 Å². The number of likely N-dealkylation sites (tertiary alicyclic amines) is 1. The summed E-state index contributed by atoms with van der Waals surface area (Å²) in [6.45, 7) is 4.43. The van der Waals surface area contributed by atoms with Crippen molar-refractivity contribution in [2.45, 2.75) is 6.42 Å². The summed E-state index contributed by atoms with van der Waals surface area (Å²) >= 11 is 0. The summed E-state index contributed by atoms with van der Waals surface area (Å²) in [5.41, 5.74) is 4.29. The van der Waals surface area contributed by atoms with Crippen molar-refractivity contribution in [1.82, 2.24) is 15.1 Å². The van der Waals surface area contributed by atoms with Crippen LogP contribution in [0, 0.1) is 17.0 Å². The Kier molecular flexibility index (Phi) is 5.07. The van der Waals surface area contributed by atoms with Gasteiger partial charge < -0.3 is 15.1 Å². The van der Waals surface area contributed by atoms with E-state index in [2.05, 4.69) is 32.4 Å². The van der Waals surface area contributed by atoms with Gasteiger partial charge in [0.1, 0.15) is 11.6 Å². The van der Waals surface area contributed by atoms with Crippen LogP contribution in [0.2, 0.25) is 0 Å². The first-order valence-electron chi connectivity index (χ1n) is 11.6. The van der Waals surface area contributed by atoms with Gasteiger partial charge in [0.05, 0.1) is 5.52 Å². The average Bonchev–Trinajstić information content (AvgIpc) is 3.16. The normalized spacial score (nSPS) is 16.8. The first-order valence-corrected chi connectivity index (χ1v) is 11.6. The fourth-order valence-electron chi connectivity index (χ4n) is 5.46. The van der Waals surface area contributed by atoms with Crippen LogP contribution in [0.5, 0.6) is 0 Å². The molecule has 8 heteroatoms. The third kappa shape index (κ3) is 4.14. The lowest BCUT2D eigenvalue weighted by Crippen LogP contribution is -2.71. The SMILES string of the molecule is CN1CC2(C1)CN(c1ccc(C(=O)Nc3n[nH]c4ccc(Cc5cc(F)cc(F)c5)cc34)cc1)C2. The van der Waals surface area contributed by atoms with Gasteiger partial charge in [-0.2, -0.15) is 5.10 Å². The van der Waals surface area contributed by atoms with Gasteiger partial charge in [-0.25, -0.2) is 8.78 Å². The van der Waals surface area contributed by atoms with E-state index in [-0.39, 0.29) is 5.91 Å². The quantitative estimate of drug-likeness (QED) is 0.450. The lowest BCUT2D eigenvalue weighted by Gasteiger charge is -2.60. The molecule has 4 aromatic rings. The lowest BCUT2D eigenvalue weighted by atomic mass is 9.73. The fraction of sp³-hybridized carbons (Fsp3) is 0.259. The number of aromatic amines is 1. The fourth-order valence-corrected chi connectivity index (χ4v) is 5.46. The van der Waals surface area contributed by atoms with E-state index in [0.717, 1.165) is 54.4 Å². The average molecular weight is 474 g/mol. The highest BCUT2D eigenvalue weighted by Crippen LogP contribution is 2.41. The number of anilines is 2. The molecule has 6 nitrogen and oxygen atoms in total. The zero-order chi connectivity index (χ0) is 24.2. The largest absolute Gasteiger partial charge is 0.370 e. The minimum absolute atomic E-state index is 0.247. The Balaban J connectivity index is 1.15. The van der Waals surface area contributed by atoms with Gasteiger partial charge in [-0.05, 0) is 73.1 Å². The van der Waals surface area contributed by atoms with Crippen LogP contribution in [0.1, 0.15) is 21.5 Å². The molecule has 0 unspecified atom stereocenters. The van der Waals surface area contributed by atoms with Crippen LogP contribution in [-0.2, 0) is 6.42 Å². The standard InChI is InChI=1S/C27H25F2N5O/c1-33-13-27(14-33)15-34(16-27)22-5-3-19(4-6-22)26(35)30-25-23-11-17(2-7-24(23)31-32-25)8-18-9-20(28)12-21(29)10-18/h2-7,9-12H,8,13-16H2,1H3,(H2,30,31,32,35). The molecule has 0 saturated carbocycles. The van der Waals surface area contributed by atoms with E-state index in [9.17, 15) is 13.6 Å². The topological polar surface area (TPSA) is 64.3 Å². The first kappa shape index (κ1) is 21.7.